The molecule has 3 nitrogen and oxygen atoms in total. The fraction of sp³-hybridized carbons (Fsp3) is 0.875. The molecule has 0 aromatic rings. The van der Waals surface area contributed by atoms with E-state index in [0.717, 1.165) is 44.3 Å². The number of thiol groups is 1. The van der Waals surface area contributed by atoms with Crippen LogP contribution in [-0.4, -0.2) is 35.6 Å². The summed E-state index contributed by atoms with van der Waals surface area (Å²) in [6, 6.07) is 0. The SMILES string of the molecule is CCCCOC(=O)CCCCC(S)CCC(=O)CCSC. The van der Waals surface area contributed by atoms with Crippen LogP contribution in [0.1, 0.15) is 64.7 Å². The van der Waals surface area contributed by atoms with Gasteiger partial charge in [-0.1, -0.05) is 19.8 Å². The molecular weight excluding hydrogens is 304 g/mol. The number of ketones is 1. The molecule has 0 saturated heterocycles. The van der Waals surface area contributed by atoms with Gasteiger partial charge in [-0.2, -0.15) is 24.4 Å². The molecule has 0 aromatic carbocycles. The predicted molar refractivity (Wildman–Crippen MR) is 94.3 cm³/mol. The summed E-state index contributed by atoms with van der Waals surface area (Å²) in [5, 5.41) is 0.263. The molecule has 0 fully saturated rings. The molecule has 0 amide bonds. The molecule has 0 aliphatic carbocycles. The van der Waals surface area contributed by atoms with E-state index in [1.54, 1.807) is 11.8 Å². The van der Waals surface area contributed by atoms with Crippen LogP contribution in [-0.2, 0) is 14.3 Å². The highest BCUT2D eigenvalue weighted by Gasteiger charge is 2.08. The van der Waals surface area contributed by atoms with Crippen LogP contribution >= 0.6 is 24.4 Å². The Kier molecular flexibility index (Phi) is 14.7. The number of unbranched alkanes of at least 4 members (excludes halogenated alkanes) is 2. The number of carbonyl (C=O) groups is 2. The maximum Gasteiger partial charge on any atom is 0.305 e. The van der Waals surface area contributed by atoms with Gasteiger partial charge in [0.25, 0.3) is 0 Å². The molecule has 0 radical (unpaired) electrons. The van der Waals surface area contributed by atoms with Crippen LogP contribution in [0.3, 0.4) is 0 Å². The molecule has 0 bridgehead atoms. The van der Waals surface area contributed by atoms with Gasteiger partial charge >= 0.3 is 5.97 Å². The Labute approximate surface area is 139 Å². The van der Waals surface area contributed by atoms with Crippen LogP contribution in [0.5, 0.6) is 0 Å². The lowest BCUT2D eigenvalue weighted by atomic mass is 10.1. The zero-order valence-electron chi connectivity index (χ0n) is 13.4. The Balaban J connectivity index is 3.46. The fourth-order valence-corrected chi connectivity index (χ4v) is 2.61. The number of ether oxygens (including phenoxy) is 1. The topological polar surface area (TPSA) is 43.4 Å². The summed E-state index contributed by atoms with van der Waals surface area (Å²) in [6.07, 6.45) is 9.42. The van der Waals surface area contributed by atoms with Gasteiger partial charge in [-0.25, -0.2) is 0 Å². The lowest BCUT2D eigenvalue weighted by Gasteiger charge is -2.10. The molecule has 0 heterocycles. The van der Waals surface area contributed by atoms with Gasteiger partial charge in [0.15, 0.2) is 0 Å². The second-order valence-electron chi connectivity index (χ2n) is 5.29. The van der Waals surface area contributed by atoms with E-state index in [1.807, 2.05) is 6.26 Å². The minimum absolute atomic E-state index is 0.0913. The van der Waals surface area contributed by atoms with Gasteiger partial charge in [0.2, 0.25) is 0 Å². The number of Topliss-reactive ketones (excluding diaryl/α,β-unsaturated/α-hetero) is 1. The summed E-state index contributed by atoms with van der Waals surface area (Å²) in [4.78, 5) is 22.9. The lowest BCUT2D eigenvalue weighted by molar-refractivity contribution is -0.143. The summed E-state index contributed by atoms with van der Waals surface area (Å²) in [5.41, 5.74) is 0. The Morgan fingerprint density at radius 2 is 1.86 bits per heavy atom. The molecule has 0 rings (SSSR count). The highest BCUT2D eigenvalue weighted by molar-refractivity contribution is 7.98. The first-order valence-corrected chi connectivity index (χ1v) is 9.85. The quantitative estimate of drug-likeness (QED) is 0.292. The summed E-state index contributed by atoms with van der Waals surface area (Å²) >= 11 is 6.22. The maximum atomic E-state index is 11.5. The van der Waals surface area contributed by atoms with Crippen LogP contribution in [0.25, 0.3) is 0 Å². The first-order chi connectivity index (χ1) is 10.1. The van der Waals surface area contributed by atoms with Crippen molar-refractivity contribution in [1.29, 1.82) is 0 Å². The van der Waals surface area contributed by atoms with Crippen LogP contribution in [0.2, 0.25) is 0 Å². The molecule has 124 valence electrons. The largest absolute Gasteiger partial charge is 0.466 e. The molecule has 0 aromatic heterocycles. The van der Waals surface area contributed by atoms with Gasteiger partial charge in [-0.05, 0) is 37.7 Å². The Bertz CT molecular complexity index is 283. The molecule has 0 saturated carbocycles. The Hall–Kier alpha value is -0.160. The average molecular weight is 335 g/mol. The van der Waals surface area contributed by atoms with Gasteiger partial charge in [0.05, 0.1) is 6.61 Å². The summed E-state index contributed by atoms with van der Waals surface area (Å²) in [5.74, 6) is 1.16. The molecule has 0 N–H and O–H groups in total. The van der Waals surface area contributed by atoms with E-state index in [-0.39, 0.29) is 11.2 Å². The monoisotopic (exact) mass is 334 g/mol. The van der Waals surface area contributed by atoms with Gasteiger partial charge in [-0.15, -0.1) is 0 Å². The van der Waals surface area contributed by atoms with Crippen molar-refractivity contribution in [3.05, 3.63) is 0 Å². The highest BCUT2D eigenvalue weighted by atomic mass is 32.2. The number of thioether (sulfide) groups is 1. The minimum atomic E-state index is -0.0913. The third-order valence-corrected chi connectivity index (χ3v) is 4.40. The zero-order chi connectivity index (χ0) is 15.9. The van der Waals surface area contributed by atoms with Crippen molar-refractivity contribution < 1.29 is 14.3 Å². The Morgan fingerprint density at radius 1 is 1.10 bits per heavy atom. The third-order valence-electron chi connectivity index (χ3n) is 3.27. The first kappa shape index (κ1) is 20.8. The molecule has 21 heavy (non-hydrogen) atoms. The van der Waals surface area contributed by atoms with Crippen molar-refractivity contribution in [1.82, 2.24) is 0 Å². The lowest BCUT2D eigenvalue weighted by Crippen LogP contribution is -2.07. The number of carbonyl (C=O) groups excluding carboxylic acids is 2. The van der Waals surface area contributed by atoms with Gasteiger partial charge in [0, 0.05) is 24.5 Å². The Morgan fingerprint density at radius 3 is 2.52 bits per heavy atom. The molecule has 0 aliphatic heterocycles. The molecular formula is C16H30O3S2. The minimum Gasteiger partial charge on any atom is -0.466 e. The van der Waals surface area contributed by atoms with Crippen molar-refractivity contribution in [2.45, 2.75) is 70.0 Å². The summed E-state index contributed by atoms with van der Waals surface area (Å²) in [7, 11) is 0. The van der Waals surface area contributed by atoms with E-state index in [0.29, 0.717) is 31.7 Å². The number of rotatable bonds is 14. The smallest absolute Gasteiger partial charge is 0.305 e. The molecule has 5 heteroatoms. The van der Waals surface area contributed by atoms with Crippen molar-refractivity contribution in [3.8, 4) is 0 Å². The second-order valence-corrected chi connectivity index (χ2v) is 7.01. The average Bonchev–Trinajstić information content (AvgIpc) is 2.47. The van der Waals surface area contributed by atoms with Crippen molar-refractivity contribution in [3.63, 3.8) is 0 Å². The highest BCUT2D eigenvalue weighted by Crippen LogP contribution is 2.15. The van der Waals surface area contributed by atoms with Crippen LogP contribution in [0.15, 0.2) is 0 Å². The van der Waals surface area contributed by atoms with Gasteiger partial charge in [0.1, 0.15) is 5.78 Å². The van der Waals surface area contributed by atoms with E-state index in [2.05, 4.69) is 19.6 Å². The van der Waals surface area contributed by atoms with Crippen LogP contribution in [0.4, 0.5) is 0 Å². The first-order valence-electron chi connectivity index (χ1n) is 7.94. The number of hydrogen-bond donors (Lipinski definition) is 1. The van der Waals surface area contributed by atoms with Gasteiger partial charge in [-0.3, -0.25) is 9.59 Å². The summed E-state index contributed by atoms with van der Waals surface area (Å²) in [6.45, 7) is 2.62. The van der Waals surface area contributed by atoms with E-state index >= 15 is 0 Å². The van der Waals surface area contributed by atoms with Crippen LogP contribution < -0.4 is 0 Å². The molecule has 1 atom stereocenters. The normalized spacial score (nSPS) is 12.1. The van der Waals surface area contributed by atoms with Crippen molar-refractivity contribution >= 4 is 36.1 Å². The van der Waals surface area contributed by atoms with E-state index in [4.69, 9.17) is 4.74 Å². The summed E-state index contributed by atoms with van der Waals surface area (Å²) < 4.78 is 5.10. The molecule has 1 unspecified atom stereocenters. The van der Waals surface area contributed by atoms with Crippen LogP contribution in [0, 0.1) is 0 Å². The molecule has 0 aliphatic rings. The standard InChI is InChI=1S/C16H30O3S2/c1-3-4-12-19-16(18)8-6-5-7-15(20)10-9-14(17)11-13-21-2/h15,20H,3-13H2,1-2H3. The number of hydrogen-bond acceptors (Lipinski definition) is 5. The zero-order valence-corrected chi connectivity index (χ0v) is 15.1. The van der Waals surface area contributed by atoms with E-state index < -0.39 is 0 Å². The van der Waals surface area contributed by atoms with Crippen molar-refractivity contribution in [2.24, 2.45) is 0 Å². The van der Waals surface area contributed by atoms with E-state index in [9.17, 15) is 9.59 Å². The van der Waals surface area contributed by atoms with Gasteiger partial charge < -0.3 is 4.74 Å². The maximum absolute atomic E-state index is 11.5. The molecule has 0 spiro atoms. The third kappa shape index (κ3) is 14.5. The predicted octanol–water partition coefficient (Wildman–Crippen LogP) is 4.29. The number of esters is 1. The van der Waals surface area contributed by atoms with E-state index in [1.165, 1.54) is 0 Å². The van der Waals surface area contributed by atoms with Crippen molar-refractivity contribution in [2.75, 3.05) is 18.6 Å². The fourth-order valence-electron chi connectivity index (χ4n) is 1.86. The second kappa shape index (κ2) is 14.8.